The molecule has 2 N–H and O–H groups in total. The Morgan fingerprint density at radius 1 is 1.15 bits per heavy atom. The van der Waals surface area contributed by atoms with Gasteiger partial charge in [-0.05, 0) is 63.4 Å². The Bertz CT molecular complexity index is 1130. The fraction of sp³-hybridized carbons (Fsp3) is 0.462. The molecule has 0 aromatic carbocycles. The van der Waals surface area contributed by atoms with Gasteiger partial charge < -0.3 is 20.1 Å². The van der Waals surface area contributed by atoms with Crippen LogP contribution < -0.4 is 10.6 Å². The van der Waals surface area contributed by atoms with Crippen LogP contribution in [0.4, 0.5) is 5.82 Å². The van der Waals surface area contributed by atoms with Gasteiger partial charge in [-0.1, -0.05) is 6.07 Å². The van der Waals surface area contributed by atoms with Gasteiger partial charge in [0.15, 0.2) is 0 Å². The summed E-state index contributed by atoms with van der Waals surface area (Å²) < 4.78 is 10.8. The van der Waals surface area contributed by atoms with Crippen LogP contribution in [0, 0.1) is 0 Å². The summed E-state index contributed by atoms with van der Waals surface area (Å²) in [7, 11) is 0. The zero-order valence-electron chi connectivity index (χ0n) is 20.1. The summed E-state index contributed by atoms with van der Waals surface area (Å²) in [6.45, 7) is 7.66. The molecule has 0 aliphatic carbocycles. The molecule has 8 heteroatoms. The first-order valence-electron chi connectivity index (χ1n) is 11.9. The smallest absolute Gasteiger partial charge is 0.302 e. The van der Waals surface area contributed by atoms with E-state index in [4.69, 9.17) is 25.2 Å². The van der Waals surface area contributed by atoms with Crippen LogP contribution in [0.2, 0.25) is 0 Å². The number of morpholine rings is 1. The highest BCUT2D eigenvalue weighted by Crippen LogP contribution is 2.25. The van der Waals surface area contributed by atoms with E-state index in [1.807, 2.05) is 42.6 Å². The normalized spacial score (nSPS) is 19.2. The number of esters is 1. The van der Waals surface area contributed by atoms with Gasteiger partial charge in [0.1, 0.15) is 5.82 Å². The van der Waals surface area contributed by atoms with Gasteiger partial charge in [0, 0.05) is 37.6 Å². The van der Waals surface area contributed by atoms with Crippen molar-refractivity contribution in [1.29, 1.82) is 0 Å². The van der Waals surface area contributed by atoms with Crippen LogP contribution in [0.5, 0.6) is 0 Å². The highest BCUT2D eigenvalue weighted by Gasteiger charge is 2.23. The summed E-state index contributed by atoms with van der Waals surface area (Å²) in [6, 6.07) is 11.8. The van der Waals surface area contributed by atoms with E-state index in [-0.39, 0.29) is 24.2 Å². The number of nitrogens with two attached hydrogens (primary N) is 1. The lowest BCUT2D eigenvalue weighted by Crippen LogP contribution is -2.45. The minimum Gasteiger partial charge on any atom is -0.466 e. The minimum absolute atomic E-state index is 0.171. The molecule has 1 fully saturated rings. The standard InChI is InChI=1S/C26H33N5O3/c1-17-15-31(16-18(2)34-17)26-9-6-8-22(30-26)23-11-10-20-14-28-25(13-24(20)29-23)21(27)7-4-5-12-33-19(3)32/h6,8-11,13-14,17-18,21H,4-5,7,12,15-16,27H2,1-3H3/t17-,18+,21?. The van der Waals surface area contributed by atoms with E-state index in [9.17, 15) is 4.79 Å². The van der Waals surface area contributed by atoms with Crippen molar-refractivity contribution in [1.82, 2.24) is 15.0 Å². The Labute approximate surface area is 200 Å². The molecule has 180 valence electrons. The maximum Gasteiger partial charge on any atom is 0.302 e. The van der Waals surface area contributed by atoms with Crippen LogP contribution in [0.15, 0.2) is 42.6 Å². The van der Waals surface area contributed by atoms with Crippen molar-refractivity contribution < 1.29 is 14.3 Å². The number of carbonyl (C=O) groups is 1. The number of pyridine rings is 3. The van der Waals surface area contributed by atoms with Crippen molar-refractivity contribution in [3.8, 4) is 11.4 Å². The van der Waals surface area contributed by atoms with Crippen LogP contribution in [0.25, 0.3) is 22.3 Å². The van der Waals surface area contributed by atoms with Gasteiger partial charge in [-0.15, -0.1) is 0 Å². The molecule has 4 rings (SSSR count). The molecule has 1 saturated heterocycles. The first-order chi connectivity index (χ1) is 16.4. The summed E-state index contributed by atoms with van der Waals surface area (Å²) in [4.78, 5) is 27.5. The Balaban J connectivity index is 1.49. The Morgan fingerprint density at radius 3 is 2.68 bits per heavy atom. The Hall–Kier alpha value is -3.10. The van der Waals surface area contributed by atoms with Crippen LogP contribution in [-0.4, -0.2) is 52.8 Å². The average molecular weight is 464 g/mol. The second-order valence-corrected chi connectivity index (χ2v) is 8.98. The lowest BCUT2D eigenvalue weighted by atomic mass is 10.1. The van der Waals surface area contributed by atoms with Gasteiger partial charge in [-0.25, -0.2) is 9.97 Å². The number of hydrogen-bond acceptors (Lipinski definition) is 8. The van der Waals surface area contributed by atoms with Gasteiger partial charge in [0.25, 0.3) is 0 Å². The minimum atomic E-state index is -0.253. The van der Waals surface area contributed by atoms with Crippen LogP contribution >= 0.6 is 0 Å². The second-order valence-electron chi connectivity index (χ2n) is 8.98. The number of ether oxygens (including phenoxy) is 2. The number of carbonyl (C=O) groups excluding carboxylic acids is 1. The molecule has 0 saturated carbocycles. The first-order valence-corrected chi connectivity index (χ1v) is 11.9. The quantitative estimate of drug-likeness (QED) is 0.394. The monoisotopic (exact) mass is 463 g/mol. The molecule has 3 atom stereocenters. The summed E-state index contributed by atoms with van der Waals surface area (Å²) in [6.07, 6.45) is 4.57. The van der Waals surface area contributed by atoms with Crippen molar-refractivity contribution in [2.24, 2.45) is 5.73 Å². The van der Waals surface area contributed by atoms with E-state index in [0.717, 1.165) is 66.2 Å². The molecular formula is C26H33N5O3. The molecule has 0 spiro atoms. The topological polar surface area (TPSA) is 103 Å². The third-order valence-corrected chi connectivity index (χ3v) is 5.93. The summed E-state index contributed by atoms with van der Waals surface area (Å²) in [5.41, 5.74) is 9.68. The van der Waals surface area contributed by atoms with E-state index >= 15 is 0 Å². The van der Waals surface area contributed by atoms with Gasteiger partial charge >= 0.3 is 5.97 Å². The number of rotatable bonds is 8. The maximum atomic E-state index is 10.9. The maximum absolute atomic E-state index is 10.9. The first kappa shape index (κ1) is 24.0. The molecule has 1 aliphatic heterocycles. The van der Waals surface area contributed by atoms with E-state index < -0.39 is 0 Å². The largest absolute Gasteiger partial charge is 0.466 e. The average Bonchev–Trinajstić information content (AvgIpc) is 2.82. The lowest BCUT2D eigenvalue weighted by Gasteiger charge is -2.36. The van der Waals surface area contributed by atoms with Crippen molar-refractivity contribution in [3.05, 3.63) is 48.3 Å². The van der Waals surface area contributed by atoms with Gasteiger partial charge in [0.05, 0.1) is 41.4 Å². The highest BCUT2D eigenvalue weighted by atomic mass is 16.5. The van der Waals surface area contributed by atoms with Crippen molar-refractivity contribution in [3.63, 3.8) is 0 Å². The van der Waals surface area contributed by atoms with E-state index in [1.54, 1.807) is 0 Å². The molecular weight excluding hydrogens is 430 g/mol. The molecule has 0 bridgehead atoms. The SMILES string of the molecule is CC(=O)OCCCCC(N)c1cc2nc(-c3cccc(N4C[C@@H](C)O[C@@H](C)C4)n3)ccc2cn1. The number of aromatic nitrogens is 3. The number of fused-ring (bicyclic) bond motifs is 1. The summed E-state index contributed by atoms with van der Waals surface area (Å²) in [5, 5.41) is 0.960. The van der Waals surface area contributed by atoms with Crippen molar-refractivity contribution in [2.75, 3.05) is 24.6 Å². The Morgan fingerprint density at radius 2 is 1.91 bits per heavy atom. The van der Waals surface area contributed by atoms with Crippen molar-refractivity contribution >= 4 is 22.7 Å². The van der Waals surface area contributed by atoms with E-state index in [0.29, 0.717) is 6.61 Å². The fourth-order valence-electron chi connectivity index (χ4n) is 4.31. The molecule has 1 aliphatic rings. The van der Waals surface area contributed by atoms with Crippen LogP contribution in [0.3, 0.4) is 0 Å². The number of nitrogens with zero attached hydrogens (tertiary/aromatic N) is 4. The molecule has 4 heterocycles. The van der Waals surface area contributed by atoms with Gasteiger partial charge in [-0.3, -0.25) is 9.78 Å². The highest BCUT2D eigenvalue weighted by molar-refractivity contribution is 5.80. The number of anilines is 1. The molecule has 8 nitrogen and oxygen atoms in total. The van der Waals surface area contributed by atoms with Gasteiger partial charge in [-0.2, -0.15) is 0 Å². The fourth-order valence-corrected chi connectivity index (χ4v) is 4.31. The number of unbranched alkanes of at least 4 members (excludes halogenated alkanes) is 1. The molecule has 0 amide bonds. The van der Waals surface area contributed by atoms with Crippen LogP contribution in [0.1, 0.15) is 51.8 Å². The van der Waals surface area contributed by atoms with E-state index in [1.165, 1.54) is 6.92 Å². The molecule has 3 aromatic rings. The zero-order chi connectivity index (χ0) is 24.1. The summed E-state index contributed by atoms with van der Waals surface area (Å²) in [5.74, 6) is 0.684. The van der Waals surface area contributed by atoms with Crippen LogP contribution in [-0.2, 0) is 14.3 Å². The molecule has 34 heavy (non-hydrogen) atoms. The molecule has 1 unspecified atom stereocenters. The number of hydrogen-bond donors (Lipinski definition) is 1. The van der Waals surface area contributed by atoms with E-state index in [2.05, 4.69) is 23.7 Å². The predicted molar refractivity (Wildman–Crippen MR) is 132 cm³/mol. The zero-order valence-corrected chi connectivity index (χ0v) is 20.1. The summed E-state index contributed by atoms with van der Waals surface area (Å²) >= 11 is 0. The van der Waals surface area contributed by atoms with Gasteiger partial charge in [0.2, 0.25) is 0 Å². The predicted octanol–water partition coefficient (Wildman–Crippen LogP) is 4.04. The third kappa shape index (κ3) is 6.07. The van der Waals surface area contributed by atoms with Crippen molar-refractivity contribution in [2.45, 2.75) is 58.3 Å². The lowest BCUT2D eigenvalue weighted by molar-refractivity contribution is -0.141. The Kier molecular flexibility index (Phi) is 7.70. The third-order valence-electron chi connectivity index (χ3n) is 5.93. The molecule has 0 radical (unpaired) electrons. The molecule has 3 aromatic heterocycles. The second kappa shape index (κ2) is 10.9.